The second-order valence-corrected chi connectivity index (χ2v) is 6.43. The normalized spacial score (nSPS) is 10.7. The van der Waals surface area contributed by atoms with Gasteiger partial charge in [0, 0.05) is 46.3 Å². The van der Waals surface area contributed by atoms with E-state index in [1.807, 2.05) is 24.4 Å². The number of amides is 2. The largest absolute Gasteiger partial charge is 0.361 e. The molecule has 0 aliphatic carbocycles. The van der Waals surface area contributed by atoms with Gasteiger partial charge in [-0.25, -0.2) is 0 Å². The van der Waals surface area contributed by atoms with E-state index in [-0.39, 0.29) is 11.8 Å². The Morgan fingerprint density at radius 2 is 2.00 bits per heavy atom. The van der Waals surface area contributed by atoms with Crippen LogP contribution in [0.4, 0.5) is 5.69 Å². The maximum atomic E-state index is 12.3. The molecule has 0 radical (unpaired) electrons. The van der Waals surface area contributed by atoms with Crippen LogP contribution < -0.4 is 10.6 Å². The second kappa shape index (κ2) is 8.06. The van der Waals surface area contributed by atoms with Crippen molar-refractivity contribution >= 4 is 40.0 Å². The maximum absolute atomic E-state index is 12.3. The van der Waals surface area contributed by atoms with Gasteiger partial charge in [0.05, 0.1) is 0 Å². The topological polar surface area (TPSA) is 74.0 Å². The van der Waals surface area contributed by atoms with Crippen LogP contribution in [0.2, 0.25) is 5.02 Å². The maximum Gasteiger partial charge on any atom is 0.251 e. The first-order valence-electron chi connectivity index (χ1n) is 8.50. The minimum atomic E-state index is -0.171. The van der Waals surface area contributed by atoms with Crippen LogP contribution in [0.25, 0.3) is 10.9 Å². The number of halogens is 1. The third kappa shape index (κ3) is 4.24. The number of aromatic nitrogens is 1. The van der Waals surface area contributed by atoms with Gasteiger partial charge < -0.3 is 15.6 Å². The smallest absolute Gasteiger partial charge is 0.251 e. The van der Waals surface area contributed by atoms with Gasteiger partial charge in [0.1, 0.15) is 0 Å². The van der Waals surface area contributed by atoms with Crippen molar-refractivity contribution in [3.05, 3.63) is 64.8 Å². The molecule has 3 aromatic rings. The number of hydrogen-bond acceptors (Lipinski definition) is 2. The molecule has 0 saturated carbocycles. The summed E-state index contributed by atoms with van der Waals surface area (Å²) in [5.41, 5.74) is 3.26. The molecule has 0 aliphatic heterocycles. The van der Waals surface area contributed by atoms with E-state index < -0.39 is 0 Å². The highest BCUT2D eigenvalue weighted by atomic mass is 35.5. The van der Waals surface area contributed by atoms with E-state index in [0.717, 1.165) is 16.5 Å². The number of rotatable bonds is 6. The van der Waals surface area contributed by atoms with Crippen LogP contribution in [0.5, 0.6) is 0 Å². The predicted octanol–water partition coefficient (Wildman–Crippen LogP) is 4.14. The van der Waals surface area contributed by atoms with Crippen LogP contribution in [0, 0.1) is 0 Å². The molecule has 2 amide bonds. The molecule has 0 fully saturated rings. The molecular formula is C20H20ClN3O2. The average molecular weight is 370 g/mol. The summed E-state index contributed by atoms with van der Waals surface area (Å²) >= 11 is 6.06. The van der Waals surface area contributed by atoms with Crippen molar-refractivity contribution in [3.8, 4) is 0 Å². The van der Waals surface area contributed by atoms with Crippen molar-refractivity contribution < 1.29 is 9.59 Å². The summed E-state index contributed by atoms with van der Waals surface area (Å²) in [6.07, 6.45) is 3.03. The van der Waals surface area contributed by atoms with Gasteiger partial charge in [0.15, 0.2) is 0 Å². The lowest BCUT2D eigenvalue weighted by Crippen LogP contribution is -2.25. The van der Waals surface area contributed by atoms with Crippen molar-refractivity contribution in [3.63, 3.8) is 0 Å². The highest BCUT2D eigenvalue weighted by Crippen LogP contribution is 2.22. The van der Waals surface area contributed by atoms with Gasteiger partial charge >= 0.3 is 0 Å². The molecule has 134 valence electrons. The fourth-order valence-corrected chi connectivity index (χ4v) is 2.93. The summed E-state index contributed by atoms with van der Waals surface area (Å²) in [4.78, 5) is 27.0. The lowest BCUT2D eigenvalue weighted by Gasteiger charge is -2.08. The molecular weight excluding hydrogens is 350 g/mol. The minimum Gasteiger partial charge on any atom is -0.361 e. The van der Waals surface area contributed by atoms with E-state index in [0.29, 0.717) is 35.7 Å². The Balaban J connectivity index is 1.61. The number of anilines is 1. The molecule has 0 atom stereocenters. The number of aromatic amines is 1. The summed E-state index contributed by atoms with van der Waals surface area (Å²) in [5, 5.41) is 7.42. The Labute approximate surface area is 156 Å². The van der Waals surface area contributed by atoms with Gasteiger partial charge in [-0.1, -0.05) is 24.6 Å². The molecule has 0 saturated heterocycles. The Bertz CT molecular complexity index is 949. The van der Waals surface area contributed by atoms with Crippen molar-refractivity contribution in [1.29, 1.82) is 0 Å². The quantitative estimate of drug-likeness (QED) is 0.610. The molecule has 6 heteroatoms. The van der Waals surface area contributed by atoms with Gasteiger partial charge in [0.2, 0.25) is 5.91 Å². The lowest BCUT2D eigenvalue weighted by molar-refractivity contribution is -0.115. The molecule has 1 heterocycles. The molecule has 3 N–H and O–H groups in total. The zero-order valence-electron chi connectivity index (χ0n) is 14.4. The van der Waals surface area contributed by atoms with E-state index in [2.05, 4.69) is 15.6 Å². The molecule has 0 aliphatic rings. The Morgan fingerprint density at radius 3 is 2.81 bits per heavy atom. The highest BCUT2D eigenvalue weighted by Gasteiger charge is 2.09. The summed E-state index contributed by atoms with van der Waals surface area (Å²) in [7, 11) is 0. The van der Waals surface area contributed by atoms with Gasteiger partial charge in [-0.3, -0.25) is 9.59 Å². The molecule has 0 spiro atoms. The standard InChI is InChI=1S/C20H20ClN3O2/c1-2-19(25)24-16-5-3-4-13(10-16)20(26)22-9-8-14-12-23-18-7-6-15(21)11-17(14)18/h3-7,10-12,23H,2,8-9H2,1H3,(H,22,26)(H,24,25). The van der Waals surface area contributed by atoms with Crippen LogP contribution in [0.3, 0.4) is 0 Å². The first-order valence-corrected chi connectivity index (χ1v) is 8.88. The zero-order chi connectivity index (χ0) is 18.5. The van der Waals surface area contributed by atoms with Crippen LogP contribution in [-0.4, -0.2) is 23.3 Å². The van der Waals surface area contributed by atoms with Crippen molar-refractivity contribution in [1.82, 2.24) is 10.3 Å². The summed E-state index contributed by atoms with van der Waals surface area (Å²) in [6, 6.07) is 12.6. The Kier molecular flexibility index (Phi) is 5.58. The highest BCUT2D eigenvalue weighted by molar-refractivity contribution is 6.31. The fourth-order valence-electron chi connectivity index (χ4n) is 2.76. The Hall–Kier alpha value is -2.79. The third-order valence-electron chi connectivity index (χ3n) is 4.14. The van der Waals surface area contributed by atoms with Crippen LogP contribution in [0.1, 0.15) is 29.3 Å². The van der Waals surface area contributed by atoms with Gasteiger partial charge in [-0.05, 0) is 48.4 Å². The number of carbonyl (C=O) groups is 2. The number of nitrogens with one attached hydrogen (secondary N) is 3. The van der Waals surface area contributed by atoms with E-state index >= 15 is 0 Å². The van der Waals surface area contributed by atoms with Gasteiger partial charge in [-0.2, -0.15) is 0 Å². The lowest BCUT2D eigenvalue weighted by atomic mass is 10.1. The third-order valence-corrected chi connectivity index (χ3v) is 4.37. The number of fused-ring (bicyclic) bond motifs is 1. The number of H-pyrrole nitrogens is 1. The van der Waals surface area contributed by atoms with Crippen LogP contribution in [-0.2, 0) is 11.2 Å². The number of carbonyl (C=O) groups excluding carboxylic acids is 2. The van der Waals surface area contributed by atoms with Gasteiger partial charge in [0.25, 0.3) is 5.91 Å². The van der Waals surface area contributed by atoms with Crippen molar-refractivity contribution in [2.24, 2.45) is 0 Å². The van der Waals surface area contributed by atoms with E-state index in [4.69, 9.17) is 11.6 Å². The minimum absolute atomic E-state index is 0.0828. The predicted molar refractivity (Wildman–Crippen MR) is 105 cm³/mol. The van der Waals surface area contributed by atoms with Crippen molar-refractivity contribution in [2.75, 3.05) is 11.9 Å². The SMILES string of the molecule is CCC(=O)Nc1cccc(C(=O)NCCc2c[nH]c3ccc(Cl)cc23)c1. The molecule has 2 aromatic carbocycles. The molecule has 26 heavy (non-hydrogen) atoms. The molecule has 1 aromatic heterocycles. The van der Waals surface area contributed by atoms with Gasteiger partial charge in [-0.15, -0.1) is 0 Å². The monoisotopic (exact) mass is 369 g/mol. The molecule has 3 rings (SSSR count). The number of hydrogen-bond donors (Lipinski definition) is 3. The molecule has 0 unspecified atom stereocenters. The fraction of sp³-hybridized carbons (Fsp3) is 0.200. The zero-order valence-corrected chi connectivity index (χ0v) is 15.2. The first-order chi connectivity index (χ1) is 12.6. The van der Waals surface area contributed by atoms with E-state index in [1.165, 1.54) is 0 Å². The molecule has 5 nitrogen and oxygen atoms in total. The van der Waals surface area contributed by atoms with E-state index in [1.54, 1.807) is 31.2 Å². The van der Waals surface area contributed by atoms with Crippen LogP contribution >= 0.6 is 11.6 Å². The second-order valence-electron chi connectivity index (χ2n) is 5.99. The Morgan fingerprint density at radius 1 is 1.15 bits per heavy atom. The van der Waals surface area contributed by atoms with Crippen molar-refractivity contribution in [2.45, 2.75) is 19.8 Å². The van der Waals surface area contributed by atoms with E-state index in [9.17, 15) is 9.59 Å². The summed E-state index contributed by atoms with van der Waals surface area (Å²) in [6.45, 7) is 2.29. The average Bonchev–Trinajstić information content (AvgIpc) is 3.04. The number of benzene rings is 2. The molecule has 0 bridgehead atoms. The van der Waals surface area contributed by atoms with Crippen LogP contribution in [0.15, 0.2) is 48.7 Å². The summed E-state index contributed by atoms with van der Waals surface area (Å²) in [5.74, 6) is -0.254. The first kappa shape index (κ1) is 18.0. The summed E-state index contributed by atoms with van der Waals surface area (Å²) < 4.78 is 0.